The van der Waals surface area contributed by atoms with Crippen LogP contribution < -0.4 is 0 Å². The maximum absolute atomic E-state index is 12.2. The average molecular weight is 929 g/mol. The lowest BCUT2D eigenvalue weighted by Gasteiger charge is -2.26. The molecule has 0 unspecified atom stereocenters. The number of nitrogens with zero attached hydrogens (tertiary/aromatic N) is 2. The lowest BCUT2D eigenvalue weighted by atomic mass is 10.1. The largest absolute Gasteiger partial charge is 0.487 e. The second-order valence-corrected chi connectivity index (χ2v) is 18.3. The highest BCUT2D eigenvalue weighted by molar-refractivity contribution is 5.69. The van der Waals surface area contributed by atoms with Gasteiger partial charge in [0.2, 0.25) is 0 Å². The van der Waals surface area contributed by atoms with E-state index in [4.69, 9.17) is 14.2 Å². The van der Waals surface area contributed by atoms with Gasteiger partial charge in [-0.1, -0.05) is 115 Å². The van der Waals surface area contributed by atoms with Gasteiger partial charge in [-0.2, -0.15) is 0 Å². The Kier molecular flexibility index (Phi) is 51.1. The number of unbranched alkanes of at least 4 members (excludes halogenated alkanes) is 21. The first kappa shape index (κ1) is 63.3. The third kappa shape index (κ3) is 47.8. The molecule has 0 aliphatic heterocycles. The number of hydrogen-bond acceptors (Lipinski definition) is 9. The molecule has 0 aromatic heterocycles. The topological polar surface area (TPSA) is 106 Å². The van der Waals surface area contributed by atoms with Crippen LogP contribution in [-0.2, 0) is 28.6 Å². The van der Waals surface area contributed by atoms with Crippen molar-refractivity contribution in [2.45, 2.75) is 239 Å². The summed E-state index contributed by atoms with van der Waals surface area (Å²) in [5.41, 5.74) is 0. The first-order valence-electron chi connectivity index (χ1n) is 27.7. The SMILES string of the molecule is CC/C=C\CCCCCOC(=O)CCCCCCCN(CCCCCCCC(=O)OCCCCC/C=C\CC)CCCN(CCO)CCCCCCCC(=C=O)OCCCCC/C=C\CC. The van der Waals surface area contributed by atoms with Gasteiger partial charge in [0.05, 0.1) is 26.4 Å². The van der Waals surface area contributed by atoms with E-state index in [9.17, 15) is 19.5 Å². The van der Waals surface area contributed by atoms with E-state index in [1.54, 1.807) is 0 Å². The molecule has 0 amide bonds. The van der Waals surface area contributed by atoms with Gasteiger partial charge in [-0.05, 0) is 174 Å². The molecule has 0 aliphatic carbocycles. The van der Waals surface area contributed by atoms with Gasteiger partial charge in [-0.3, -0.25) is 9.59 Å². The van der Waals surface area contributed by atoms with Crippen molar-refractivity contribution in [3.63, 3.8) is 0 Å². The summed E-state index contributed by atoms with van der Waals surface area (Å²) in [5.74, 6) is 2.41. The zero-order chi connectivity index (χ0) is 48.1. The minimum Gasteiger partial charge on any atom is -0.487 e. The van der Waals surface area contributed by atoms with Gasteiger partial charge >= 0.3 is 11.9 Å². The van der Waals surface area contributed by atoms with E-state index in [2.05, 4.69) is 67.0 Å². The van der Waals surface area contributed by atoms with Gasteiger partial charge in [0, 0.05) is 25.8 Å². The predicted molar refractivity (Wildman–Crippen MR) is 278 cm³/mol. The summed E-state index contributed by atoms with van der Waals surface area (Å²) in [6, 6.07) is 0. The Hall–Kier alpha value is -2.71. The van der Waals surface area contributed by atoms with Crippen molar-refractivity contribution < 1.29 is 33.7 Å². The number of allylic oxidation sites excluding steroid dienone is 7. The molecular formula is C57H104N2O7. The minimum atomic E-state index is -0.0462. The Bertz CT molecular complexity index is 1150. The molecule has 0 fully saturated rings. The minimum absolute atomic E-state index is 0.0462. The molecule has 0 aromatic carbocycles. The molecule has 0 radical (unpaired) electrons. The van der Waals surface area contributed by atoms with E-state index in [0.717, 1.165) is 206 Å². The average Bonchev–Trinajstić information content (AvgIpc) is 3.32. The number of rotatable bonds is 52. The van der Waals surface area contributed by atoms with Crippen LogP contribution in [0.5, 0.6) is 0 Å². The molecule has 0 heterocycles. The third-order valence-corrected chi connectivity index (χ3v) is 12.1. The van der Waals surface area contributed by atoms with Crippen molar-refractivity contribution in [2.75, 3.05) is 65.7 Å². The molecule has 384 valence electrons. The van der Waals surface area contributed by atoms with Gasteiger partial charge in [-0.25, -0.2) is 4.79 Å². The van der Waals surface area contributed by atoms with Crippen LogP contribution in [0.25, 0.3) is 0 Å². The molecular weight excluding hydrogens is 825 g/mol. The second-order valence-electron chi connectivity index (χ2n) is 18.3. The number of esters is 2. The van der Waals surface area contributed by atoms with Crippen LogP contribution in [0.3, 0.4) is 0 Å². The summed E-state index contributed by atoms with van der Waals surface area (Å²) in [4.78, 5) is 40.8. The molecule has 0 aliphatic rings. The zero-order valence-corrected chi connectivity index (χ0v) is 43.4. The zero-order valence-electron chi connectivity index (χ0n) is 43.4. The van der Waals surface area contributed by atoms with E-state index in [1.807, 2.05) is 5.94 Å². The summed E-state index contributed by atoms with van der Waals surface area (Å²) in [6.07, 6.45) is 48.9. The van der Waals surface area contributed by atoms with E-state index >= 15 is 0 Å². The molecule has 66 heavy (non-hydrogen) atoms. The van der Waals surface area contributed by atoms with Gasteiger partial charge < -0.3 is 29.1 Å². The monoisotopic (exact) mass is 929 g/mol. The number of carbonyl (C=O) groups excluding carboxylic acids is 3. The molecule has 9 heteroatoms. The van der Waals surface area contributed by atoms with Crippen molar-refractivity contribution in [3.8, 4) is 0 Å². The Morgan fingerprint density at radius 2 is 0.727 bits per heavy atom. The van der Waals surface area contributed by atoms with E-state index in [1.165, 1.54) is 32.1 Å². The fourth-order valence-electron chi connectivity index (χ4n) is 8.09. The summed E-state index contributed by atoms with van der Waals surface area (Å²) in [6.45, 7) is 14.3. The first-order valence-corrected chi connectivity index (χ1v) is 27.7. The summed E-state index contributed by atoms with van der Waals surface area (Å²) in [5, 5.41) is 9.82. The van der Waals surface area contributed by atoms with Gasteiger partial charge in [0.15, 0.2) is 11.7 Å². The van der Waals surface area contributed by atoms with Crippen LogP contribution in [0.2, 0.25) is 0 Å². The standard InChI is InChI=1S/C57H104N2O7/c1-4-7-10-13-16-28-37-51-64-55(54-61)41-31-22-19-25-36-46-59(49-50-60)48-40-47-58(44-34-26-20-23-32-42-56(62)65-52-38-29-17-14-11-8-5-2)45-35-27-21-24-33-43-57(63)66-53-39-30-18-15-12-9-6-3/h7-12,60H,4-6,13-53H2,1-3H3/b10-7-,11-8-,12-9-. The number of aliphatic hydroxyl groups excluding tert-OH is 1. The van der Waals surface area contributed by atoms with Crippen molar-refractivity contribution in [1.82, 2.24) is 9.80 Å². The number of ether oxygens (including phenoxy) is 3. The van der Waals surface area contributed by atoms with Crippen LogP contribution >= 0.6 is 0 Å². The quantitative estimate of drug-likeness (QED) is 0.0210. The van der Waals surface area contributed by atoms with Crippen molar-refractivity contribution in [3.05, 3.63) is 42.2 Å². The Balaban J connectivity index is 4.53. The van der Waals surface area contributed by atoms with Gasteiger partial charge in [-0.15, -0.1) is 0 Å². The molecule has 0 saturated heterocycles. The van der Waals surface area contributed by atoms with Crippen LogP contribution in [0, 0.1) is 0 Å². The predicted octanol–water partition coefficient (Wildman–Crippen LogP) is 14.4. The number of hydrogen-bond donors (Lipinski definition) is 1. The molecule has 0 spiro atoms. The molecule has 9 nitrogen and oxygen atoms in total. The third-order valence-electron chi connectivity index (χ3n) is 12.1. The van der Waals surface area contributed by atoms with E-state index < -0.39 is 0 Å². The number of carbonyl (C=O) groups is 2. The van der Waals surface area contributed by atoms with Crippen molar-refractivity contribution >= 4 is 17.9 Å². The molecule has 0 atom stereocenters. The maximum atomic E-state index is 12.2. The Morgan fingerprint density at radius 1 is 0.394 bits per heavy atom. The molecule has 0 rings (SSSR count). The highest BCUT2D eigenvalue weighted by Crippen LogP contribution is 2.14. The molecule has 0 saturated carbocycles. The fraction of sp³-hybridized carbons (Fsp3) is 0.825. The Labute approximate surface area is 407 Å². The Morgan fingerprint density at radius 3 is 1.12 bits per heavy atom. The lowest BCUT2D eigenvalue weighted by molar-refractivity contribution is -0.144. The maximum Gasteiger partial charge on any atom is 0.305 e. The molecule has 0 aromatic rings. The molecule has 1 N–H and O–H groups in total. The van der Waals surface area contributed by atoms with Crippen LogP contribution in [0.15, 0.2) is 42.2 Å². The molecule has 0 bridgehead atoms. The lowest BCUT2D eigenvalue weighted by Crippen LogP contribution is -2.33. The van der Waals surface area contributed by atoms with Crippen molar-refractivity contribution in [2.24, 2.45) is 0 Å². The van der Waals surface area contributed by atoms with Crippen LogP contribution in [0.4, 0.5) is 0 Å². The normalized spacial score (nSPS) is 11.8. The summed E-state index contributed by atoms with van der Waals surface area (Å²) in [7, 11) is 0. The van der Waals surface area contributed by atoms with Gasteiger partial charge in [0.1, 0.15) is 0 Å². The summed E-state index contributed by atoms with van der Waals surface area (Å²) < 4.78 is 16.6. The summed E-state index contributed by atoms with van der Waals surface area (Å²) >= 11 is 0. The van der Waals surface area contributed by atoms with Crippen LogP contribution in [0.1, 0.15) is 239 Å². The smallest absolute Gasteiger partial charge is 0.305 e. The highest BCUT2D eigenvalue weighted by atomic mass is 16.5. The first-order chi connectivity index (χ1) is 32.5. The highest BCUT2D eigenvalue weighted by Gasteiger charge is 2.10. The van der Waals surface area contributed by atoms with Crippen LogP contribution in [-0.4, -0.2) is 98.5 Å². The van der Waals surface area contributed by atoms with Crippen molar-refractivity contribution in [1.29, 1.82) is 0 Å². The van der Waals surface area contributed by atoms with E-state index in [-0.39, 0.29) is 18.5 Å². The van der Waals surface area contributed by atoms with Gasteiger partial charge in [0.25, 0.3) is 0 Å². The number of aliphatic hydroxyl groups is 1. The fourth-order valence-corrected chi connectivity index (χ4v) is 8.09. The second kappa shape index (κ2) is 53.2. The van der Waals surface area contributed by atoms with E-state index in [0.29, 0.717) is 44.8 Å².